The van der Waals surface area contributed by atoms with E-state index < -0.39 is 6.04 Å². The molecule has 1 N–H and O–H groups in total. The SMILES string of the molecule is CCOC(=O)[C@@H]1C[C@H](CO)ON1c1ccc(Br)cc1. The predicted octanol–water partition coefficient (Wildman–Crippen LogP) is 1.88. The first-order valence-corrected chi connectivity index (χ1v) is 6.94. The molecule has 0 spiro atoms. The number of carbonyl (C=O) groups is 1. The molecule has 0 unspecified atom stereocenters. The number of ether oxygens (including phenoxy) is 1. The maximum absolute atomic E-state index is 11.9. The largest absolute Gasteiger partial charge is 0.464 e. The molecule has 1 heterocycles. The Hall–Kier alpha value is -1.11. The topological polar surface area (TPSA) is 59.0 Å². The summed E-state index contributed by atoms with van der Waals surface area (Å²) < 4.78 is 5.99. The van der Waals surface area contributed by atoms with Crippen molar-refractivity contribution in [1.82, 2.24) is 0 Å². The van der Waals surface area contributed by atoms with Crippen LogP contribution in [0.4, 0.5) is 5.69 Å². The molecule has 0 bridgehead atoms. The summed E-state index contributed by atoms with van der Waals surface area (Å²) in [6, 6.07) is 6.91. The van der Waals surface area contributed by atoms with Gasteiger partial charge in [0.1, 0.15) is 6.10 Å². The third kappa shape index (κ3) is 3.26. The van der Waals surface area contributed by atoms with Crippen molar-refractivity contribution in [1.29, 1.82) is 0 Å². The number of benzene rings is 1. The van der Waals surface area contributed by atoms with Gasteiger partial charge in [-0.05, 0) is 31.2 Å². The lowest BCUT2D eigenvalue weighted by molar-refractivity contribution is -0.145. The summed E-state index contributed by atoms with van der Waals surface area (Å²) in [5.74, 6) is -0.332. The van der Waals surface area contributed by atoms with Gasteiger partial charge in [-0.15, -0.1) is 0 Å². The molecule has 6 heteroatoms. The van der Waals surface area contributed by atoms with Crippen molar-refractivity contribution >= 4 is 27.6 Å². The maximum atomic E-state index is 11.9. The number of hydrogen-bond donors (Lipinski definition) is 1. The fourth-order valence-corrected chi connectivity index (χ4v) is 2.25. The van der Waals surface area contributed by atoms with E-state index in [9.17, 15) is 9.90 Å². The average molecular weight is 330 g/mol. The molecule has 104 valence electrons. The molecule has 2 atom stereocenters. The fourth-order valence-electron chi connectivity index (χ4n) is 1.99. The van der Waals surface area contributed by atoms with E-state index in [1.54, 1.807) is 6.92 Å². The molecule has 0 amide bonds. The van der Waals surface area contributed by atoms with E-state index in [0.717, 1.165) is 10.2 Å². The molecule has 1 aliphatic rings. The zero-order valence-electron chi connectivity index (χ0n) is 10.6. The second-order valence-corrected chi connectivity index (χ2v) is 5.13. The van der Waals surface area contributed by atoms with E-state index in [-0.39, 0.29) is 18.7 Å². The molecule has 5 nitrogen and oxygen atoms in total. The van der Waals surface area contributed by atoms with Gasteiger partial charge in [0.05, 0.1) is 18.9 Å². The highest BCUT2D eigenvalue weighted by Crippen LogP contribution is 2.29. The summed E-state index contributed by atoms with van der Waals surface area (Å²) in [6.07, 6.45) is 0.0452. The lowest BCUT2D eigenvalue weighted by atomic mass is 10.1. The van der Waals surface area contributed by atoms with E-state index >= 15 is 0 Å². The molecule has 1 saturated heterocycles. The number of nitrogens with zero attached hydrogens (tertiary/aromatic N) is 1. The summed E-state index contributed by atoms with van der Waals surface area (Å²) in [4.78, 5) is 17.5. The van der Waals surface area contributed by atoms with Gasteiger partial charge in [-0.3, -0.25) is 4.84 Å². The minimum absolute atomic E-state index is 0.122. The van der Waals surface area contributed by atoms with Crippen LogP contribution in [0.1, 0.15) is 13.3 Å². The van der Waals surface area contributed by atoms with Gasteiger partial charge >= 0.3 is 5.97 Å². The summed E-state index contributed by atoms with van der Waals surface area (Å²) in [7, 11) is 0. The number of halogens is 1. The number of esters is 1. The third-order valence-corrected chi connectivity index (χ3v) is 3.40. The first-order chi connectivity index (χ1) is 9.15. The Morgan fingerprint density at radius 1 is 1.53 bits per heavy atom. The maximum Gasteiger partial charge on any atom is 0.331 e. The number of aliphatic hydroxyl groups excluding tert-OH is 1. The normalized spacial score (nSPS) is 22.6. The highest BCUT2D eigenvalue weighted by molar-refractivity contribution is 9.10. The van der Waals surface area contributed by atoms with Crippen LogP contribution in [0.2, 0.25) is 0 Å². The molecule has 2 rings (SSSR count). The van der Waals surface area contributed by atoms with E-state index in [1.807, 2.05) is 24.3 Å². The van der Waals surface area contributed by atoms with Crippen LogP contribution in [0, 0.1) is 0 Å². The number of aliphatic hydroxyl groups is 1. The molecule has 19 heavy (non-hydrogen) atoms. The van der Waals surface area contributed by atoms with Gasteiger partial charge in [0.2, 0.25) is 0 Å². The van der Waals surface area contributed by atoms with Crippen molar-refractivity contribution in [2.75, 3.05) is 18.3 Å². The number of rotatable bonds is 4. The number of hydroxylamine groups is 1. The Morgan fingerprint density at radius 3 is 2.79 bits per heavy atom. The molecule has 1 aliphatic heterocycles. The predicted molar refractivity (Wildman–Crippen MR) is 73.6 cm³/mol. The standard InChI is InChI=1S/C13H16BrNO4/c1-2-18-13(17)12-7-11(8-16)19-15(12)10-5-3-9(14)4-6-10/h3-6,11-12,16H,2,7-8H2,1H3/t11-,12+/m1/s1. The Labute approximate surface area is 120 Å². The molecule has 0 saturated carbocycles. The second-order valence-electron chi connectivity index (χ2n) is 4.22. The van der Waals surface area contributed by atoms with Crippen molar-refractivity contribution in [3.8, 4) is 0 Å². The van der Waals surface area contributed by atoms with Crippen LogP contribution in [-0.4, -0.2) is 36.4 Å². The van der Waals surface area contributed by atoms with Gasteiger partial charge in [0.25, 0.3) is 0 Å². The Kier molecular flexibility index (Phi) is 4.79. The van der Waals surface area contributed by atoms with Crippen molar-refractivity contribution in [3.05, 3.63) is 28.7 Å². The minimum Gasteiger partial charge on any atom is -0.464 e. The van der Waals surface area contributed by atoms with Crippen LogP contribution in [-0.2, 0) is 14.4 Å². The van der Waals surface area contributed by atoms with Crippen molar-refractivity contribution < 1.29 is 19.5 Å². The summed E-state index contributed by atoms with van der Waals surface area (Å²) in [5, 5.41) is 10.7. The second kappa shape index (κ2) is 6.36. The molecular formula is C13H16BrNO4. The Morgan fingerprint density at radius 2 is 2.21 bits per heavy atom. The van der Waals surface area contributed by atoms with Crippen molar-refractivity contribution in [2.45, 2.75) is 25.5 Å². The lowest BCUT2D eigenvalue weighted by Crippen LogP contribution is -2.36. The van der Waals surface area contributed by atoms with E-state index in [0.29, 0.717) is 13.0 Å². The molecule has 0 aromatic heterocycles. The van der Waals surface area contributed by atoms with Gasteiger partial charge in [-0.1, -0.05) is 15.9 Å². The number of carbonyl (C=O) groups excluding carboxylic acids is 1. The Bertz CT molecular complexity index is 437. The fraction of sp³-hybridized carbons (Fsp3) is 0.462. The number of hydrogen-bond acceptors (Lipinski definition) is 5. The van der Waals surface area contributed by atoms with Gasteiger partial charge in [-0.2, -0.15) is 0 Å². The minimum atomic E-state index is -0.515. The van der Waals surface area contributed by atoms with Gasteiger partial charge in [0, 0.05) is 10.9 Å². The van der Waals surface area contributed by atoms with E-state index in [1.165, 1.54) is 5.06 Å². The van der Waals surface area contributed by atoms with Crippen molar-refractivity contribution in [3.63, 3.8) is 0 Å². The zero-order valence-corrected chi connectivity index (χ0v) is 12.2. The number of anilines is 1. The van der Waals surface area contributed by atoms with E-state index in [2.05, 4.69) is 15.9 Å². The van der Waals surface area contributed by atoms with Gasteiger partial charge < -0.3 is 9.84 Å². The van der Waals surface area contributed by atoms with Crippen LogP contribution in [0.5, 0.6) is 0 Å². The first kappa shape index (κ1) is 14.3. The Balaban J connectivity index is 2.19. The highest BCUT2D eigenvalue weighted by Gasteiger charge is 2.39. The molecule has 0 radical (unpaired) electrons. The first-order valence-electron chi connectivity index (χ1n) is 6.14. The van der Waals surface area contributed by atoms with Crippen molar-refractivity contribution in [2.24, 2.45) is 0 Å². The van der Waals surface area contributed by atoms with Crippen LogP contribution >= 0.6 is 15.9 Å². The van der Waals surface area contributed by atoms with Crippen LogP contribution in [0.3, 0.4) is 0 Å². The van der Waals surface area contributed by atoms with Gasteiger partial charge in [0.15, 0.2) is 6.04 Å². The summed E-state index contributed by atoms with van der Waals surface area (Å²) in [5.41, 5.74) is 0.761. The van der Waals surface area contributed by atoms with Crippen LogP contribution in [0.25, 0.3) is 0 Å². The van der Waals surface area contributed by atoms with Crippen LogP contribution < -0.4 is 5.06 Å². The molecular weight excluding hydrogens is 314 g/mol. The van der Waals surface area contributed by atoms with Gasteiger partial charge in [-0.25, -0.2) is 9.86 Å². The average Bonchev–Trinajstić information content (AvgIpc) is 2.84. The molecule has 0 aliphatic carbocycles. The highest BCUT2D eigenvalue weighted by atomic mass is 79.9. The molecule has 1 aromatic carbocycles. The zero-order chi connectivity index (χ0) is 13.8. The monoisotopic (exact) mass is 329 g/mol. The lowest BCUT2D eigenvalue weighted by Gasteiger charge is -2.23. The molecule has 1 aromatic rings. The third-order valence-electron chi connectivity index (χ3n) is 2.88. The van der Waals surface area contributed by atoms with E-state index in [4.69, 9.17) is 9.57 Å². The smallest absolute Gasteiger partial charge is 0.331 e. The quantitative estimate of drug-likeness (QED) is 0.855. The summed E-state index contributed by atoms with van der Waals surface area (Å²) >= 11 is 3.36. The molecule has 1 fully saturated rings. The summed E-state index contributed by atoms with van der Waals surface area (Å²) in [6.45, 7) is 1.97. The van der Waals surface area contributed by atoms with Crippen LogP contribution in [0.15, 0.2) is 28.7 Å².